The molecule has 0 fully saturated rings. The Bertz CT molecular complexity index is 1530. The van der Waals surface area contributed by atoms with Gasteiger partial charge in [0, 0.05) is 5.56 Å². The fourth-order valence-corrected chi connectivity index (χ4v) is 5.20. The van der Waals surface area contributed by atoms with Crippen molar-refractivity contribution in [3.05, 3.63) is 78.5 Å². The number of aromatic hydroxyl groups is 1. The molecule has 1 aliphatic rings. The first-order valence-electron chi connectivity index (χ1n) is 11.1. The van der Waals surface area contributed by atoms with Crippen LogP contribution < -0.4 is 29.1 Å². The molecule has 0 saturated carbocycles. The lowest BCUT2D eigenvalue weighted by molar-refractivity contribution is -0.139. The van der Waals surface area contributed by atoms with E-state index in [9.17, 15) is 14.7 Å². The molecular formula is C26H26N2O7S. The Kier molecular flexibility index (Phi) is 7.16. The largest absolute Gasteiger partial charge is 0.504 e. The number of rotatable bonds is 7. The minimum Gasteiger partial charge on any atom is -0.504 e. The molecule has 3 aromatic rings. The van der Waals surface area contributed by atoms with Gasteiger partial charge in [0.05, 0.1) is 43.7 Å². The van der Waals surface area contributed by atoms with E-state index in [-0.39, 0.29) is 29.2 Å². The third kappa shape index (κ3) is 4.35. The summed E-state index contributed by atoms with van der Waals surface area (Å²) in [5.41, 5.74) is 1.57. The van der Waals surface area contributed by atoms with Crippen LogP contribution in [0.2, 0.25) is 0 Å². The molecule has 36 heavy (non-hydrogen) atoms. The summed E-state index contributed by atoms with van der Waals surface area (Å²) in [6.07, 6.45) is 1.69. The van der Waals surface area contributed by atoms with E-state index in [1.807, 2.05) is 0 Å². The number of para-hydroxylation sites is 1. The van der Waals surface area contributed by atoms with Crippen LogP contribution in [0.4, 0.5) is 0 Å². The molecule has 1 atom stereocenters. The van der Waals surface area contributed by atoms with Crippen LogP contribution in [0.5, 0.6) is 23.0 Å². The van der Waals surface area contributed by atoms with Crippen molar-refractivity contribution in [3.63, 3.8) is 0 Å². The smallest absolute Gasteiger partial charge is 0.338 e. The first-order chi connectivity index (χ1) is 17.3. The zero-order valence-electron chi connectivity index (χ0n) is 20.5. The first kappa shape index (κ1) is 25.1. The average Bonchev–Trinajstić information content (AvgIpc) is 3.17. The van der Waals surface area contributed by atoms with Crippen LogP contribution in [0.1, 0.15) is 31.0 Å². The van der Waals surface area contributed by atoms with E-state index in [1.54, 1.807) is 50.3 Å². The highest BCUT2D eigenvalue weighted by Crippen LogP contribution is 2.40. The number of ether oxygens (including phenoxy) is 4. The van der Waals surface area contributed by atoms with Crippen LogP contribution in [0, 0.1) is 0 Å². The molecule has 1 unspecified atom stereocenters. The van der Waals surface area contributed by atoms with E-state index < -0.39 is 12.0 Å². The monoisotopic (exact) mass is 510 g/mol. The number of phenolic OH excluding ortho intramolecular Hbond substituents is 1. The maximum atomic E-state index is 13.8. The number of aromatic nitrogens is 1. The Morgan fingerprint density at radius 3 is 2.56 bits per heavy atom. The SMILES string of the molecule is CCOC(=O)C1=C(C)N=c2sc(=Cc3ccc(O)c(OC)c3)c(=O)n2C1c1cccc(OC)c1OC. The van der Waals surface area contributed by atoms with Gasteiger partial charge in [0.15, 0.2) is 27.8 Å². The number of carbonyl (C=O) groups is 1. The Morgan fingerprint density at radius 1 is 1.14 bits per heavy atom. The van der Waals surface area contributed by atoms with E-state index in [2.05, 4.69) is 4.99 Å². The van der Waals surface area contributed by atoms with E-state index in [0.29, 0.717) is 37.7 Å². The maximum absolute atomic E-state index is 13.8. The Morgan fingerprint density at radius 2 is 1.89 bits per heavy atom. The Hall–Kier alpha value is -4.05. The number of hydrogen-bond donors (Lipinski definition) is 1. The maximum Gasteiger partial charge on any atom is 0.338 e. The van der Waals surface area contributed by atoms with Gasteiger partial charge in [-0.3, -0.25) is 9.36 Å². The molecule has 0 amide bonds. The minimum atomic E-state index is -0.846. The molecule has 188 valence electrons. The quantitative estimate of drug-likeness (QED) is 0.487. The minimum absolute atomic E-state index is 0.00377. The normalized spacial score (nSPS) is 15.2. The number of esters is 1. The van der Waals surface area contributed by atoms with Crippen LogP contribution in [-0.4, -0.2) is 43.6 Å². The van der Waals surface area contributed by atoms with Gasteiger partial charge in [-0.2, -0.15) is 0 Å². The number of phenols is 1. The van der Waals surface area contributed by atoms with Crippen LogP contribution in [-0.2, 0) is 9.53 Å². The number of methoxy groups -OCH3 is 3. The van der Waals surface area contributed by atoms with Crippen molar-refractivity contribution in [2.75, 3.05) is 27.9 Å². The van der Waals surface area contributed by atoms with Gasteiger partial charge in [0.2, 0.25) is 0 Å². The molecule has 2 heterocycles. The fourth-order valence-electron chi connectivity index (χ4n) is 4.15. The molecule has 0 saturated heterocycles. The van der Waals surface area contributed by atoms with Gasteiger partial charge in [-0.15, -0.1) is 0 Å². The number of benzene rings is 2. The van der Waals surface area contributed by atoms with Gasteiger partial charge in [-0.05, 0) is 43.7 Å². The molecule has 0 spiro atoms. The standard InChI is InChI=1S/C26H26N2O7S/c1-6-35-25(31)21-14(2)27-26-28(22(21)16-8-7-9-18(32-3)23(16)34-5)24(30)20(36-26)13-15-10-11-17(29)19(12-15)33-4/h7-13,22,29H,6H2,1-5H3. The van der Waals surface area contributed by atoms with Crippen molar-refractivity contribution >= 4 is 23.4 Å². The van der Waals surface area contributed by atoms with Crippen LogP contribution in [0.15, 0.2) is 57.5 Å². The summed E-state index contributed by atoms with van der Waals surface area (Å²) in [6.45, 7) is 3.61. The van der Waals surface area contributed by atoms with Gasteiger partial charge in [-0.1, -0.05) is 29.5 Å². The number of hydrogen-bond acceptors (Lipinski definition) is 9. The number of carbonyl (C=O) groups excluding carboxylic acids is 1. The fraction of sp³-hybridized carbons (Fsp3) is 0.269. The Labute approximate surface area is 211 Å². The van der Waals surface area contributed by atoms with Crippen molar-refractivity contribution in [3.8, 4) is 23.0 Å². The summed E-state index contributed by atoms with van der Waals surface area (Å²) in [5.74, 6) is 0.587. The molecule has 0 bridgehead atoms. The zero-order chi connectivity index (χ0) is 26.0. The average molecular weight is 511 g/mol. The van der Waals surface area contributed by atoms with Crippen LogP contribution >= 0.6 is 11.3 Å². The van der Waals surface area contributed by atoms with Gasteiger partial charge >= 0.3 is 5.97 Å². The summed E-state index contributed by atoms with van der Waals surface area (Å²) in [6, 6.07) is 9.25. The number of fused-ring (bicyclic) bond motifs is 1. The second-order valence-corrected chi connectivity index (χ2v) is 8.83. The molecule has 1 aliphatic heterocycles. The van der Waals surface area contributed by atoms with Gasteiger partial charge < -0.3 is 24.1 Å². The number of nitrogens with zero attached hydrogens (tertiary/aromatic N) is 2. The second-order valence-electron chi connectivity index (χ2n) is 7.82. The molecule has 0 radical (unpaired) electrons. The highest BCUT2D eigenvalue weighted by atomic mass is 32.1. The summed E-state index contributed by atoms with van der Waals surface area (Å²) in [7, 11) is 4.48. The van der Waals surface area contributed by atoms with Crippen molar-refractivity contribution in [1.29, 1.82) is 0 Å². The summed E-state index contributed by atoms with van der Waals surface area (Å²) < 4.78 is 23.5. The topological polar surface area (TPSA) is 109 Å². The third-order valence-corrected chi connectivity index (χ3v) is 6.73. The molecule has 4 rings (SSSR count). The molecule has 9 nitrogen and oxygen atoms in total. The lowest BCUT2D eigenvalue weighted by atomic mass is 9.94. The van der Waals surface area contributed by atoms with Gasteiger partial charge in [0.25, 0.3) is 5.56 Å². The van der Waals surface area contributed by atoms with Crippen molar-refractivity contribution in [2.24, 2.45) is 4.99 Å². The lowest BCUT2D eigenvalue weighted by Crippen LogP contribution is -2.40. The predicted octanol–water partition coefficient (Wildman–Crippen LogP) is 2.53. The van der Waals surface area contributed by atoms with E-state index in [1.165, 1.54) is 43.3 Å². The molecule has 1 aromatic heterocycles. The van der Waals surface area contributed by atoms with Crippen molar-refractivity contribution in [2.45, 2.75) is 19.9 Å². The number of allylic oxidation sites excluding steroid dienone is 1. The molecule has 10 heteroatoms. The molecular weight excluding hydrogens is 484 g/mol. The highest BCUT2D eigenvalue weighted by molar-refractivity contribution is 7.07. The molecule has 0 aliphatic carbocycles. The lowest BCUT2D eigenvalue weighted by Gasteiger charge is -2.26. The summed E-state index contributed by atoms with van der Waals surface area (Å²) >= 11 is 1.19. The summed E-state index contributed by atoms with van der Waals surface area (Å²) in [5, 5.41) is 9.91. The summed E-state index contributed by atoms with van der Waals surface area (Å²) in [4.78, 5) is 31.9. The zero-order valence-corrected chi connectivity index (χ0v) is 21.3. The van der Waals surface area contributed by atoms with E-state index in [4.69, 9.17) is 18.9 Å². The van der Waals surface area contributed by atoms with E-state index >= 15 is 0 Å². The third-order valence-electron chi connectivity index (χ3n) is 5.75. The van der Waals surface area contributed by atoms with Crippen molar-refractivity contribution < 1.29 is 28.8 Å². The highest BCUT2D eigenvalue weighted by Gasteiger charge is 2.35. The number of thiazole rings is 1. The van der Waals surface area contributed by atoms with Crippen LogP contribution in [0.3, 0.4) is 0 Å². The molecule has 2 aromatic carbocycles. The van der Waals surface area contributed by atoms with Crippen LogP contribution in [0.25, 0.3) is 6.08 Å². The van der Waals surface area contributed by atoms with Crippen molar-refractivity contribution in [1.82, 2.24) is 4.57 Å². The first-order valence-corrected chi connectivity index (χ1v) is 11.9. The predicted molar refractivity (Wildman–Crippen MR) is 135 cm³/mol. The molecule has 1 N–H and O–H groups in total. The Balaban J connectivity index is 2.00. The second kappa shape index (κ2) is 10.3. The van der Waals surface area contributed by atoms with E-state index in [0.717, 1.165) is 0 Å². The van der Waals surface area contributed by atoms with Gasteiger partial charge in [0.1, 0.15) is 6.04 Å². The van der Waals surface area contributed by atoms with Gasteiger partial charge in [-0.25, -0.2) is 9.79 Å².